The van der Waals surface area contributed by atoms with Gasteiger partial charge in [-0.3, -0.25) is 4.98 Å². The van der Waals surface area contributed by atoms with Crippen LogP contribution in [0.3, 0.4) is 0 Å². The van der Waals surface area contributed by atoms with Gasteiger partial charge in [0.25, 0.3) is 0 Å². The molecule has 13 heavy (non-hydrogen) atoms. The molecular formula is C8H7ClF3N. The molecule has 0 saturated heterocycles. The highest BCUT2D eigenvalue weighted by Gasteiger charge is 2.32. The lowest BCUT2D eigenvalue weighted by molar-refractivity contribution is -0.141. The van der Waals surface area contributed by atoms with E-state index in [-0.39, 0.29) is 5.02 Å². The predicted molar refractivity (Wildman–Crippen MR) is 43.6 cm³/mol. The highest BCUT2D eigenvalue weighted by atomic mass is 35.5. The van der Waals surface area contributed by atoms with Crippen molar-refractivity contribution < 1.29 is 13.2 Å². The normalized spacial score (nSPS) is 11.8. The van der Waals surface area contributed by atoms with E-state index in [0.29, 0.717) is 12.0 Å². The average Bonchev–Trinajstić information content (AvgIpc) is 2.02. The number of aryl methyl sites for hydroxylation is 1. The van der Waals surface area contributed by atoms with Gasteiger partial charge in [-0.1, -0.05) is 18.5 Å². The van der Waals surface area contributed by atoms with E-state index in [9.17, 15) is 13.2 Å². The van der Waals surface area contributed by atoms with E-state index >= 15 is 0 Å². The van der Waals surface area contributed by atoms with E-state index in [1.54, 1.807) is 6.92 Å². The van der Waals surface area contributed by atoms with Crippen LogP contribution in [0.5, 0.6) is 0 Å². The van der Waals surface area contributed by atoms with Crippen LogP contribution in [-0.2, 0) is 12.6 Å². The molecule has 72 valence electrons. The van der Waals surface area contributed by atoms with Crippen LogP contribution < -0.4 is 0 Å². The van der Waals surface area contributed by atoms with Crippen LogP contribution in [0.15, 0.2) is 12.3 Å². The second-order valence-electron chi connectivity index (χ2n) is 2.51. The van der Waals surface area contributed by atoms with Crippen LogP contribution in [0.2, 0.25) is 5.02 Å². The van der Waals surface area contributed by atoms with Gasteiger partial charge >= 0.3 is 6.18 Å². The van der Waals surface area contributed by atoms with Gasteiger partial charge in [-0.15, -0.1) is 0 Å². The Balaban J connectivity index is 3.10. The van der Waals surface area contributed by atoms with Gasteiger partial charge in [0, 0.05) is 11.2 Å². The maximum Gasteiger partial charge on any atom is 0.433 e. The van der Waals surface area contributed by atoms with Crippen molar-refractivity contribution in [3.05, 3.63) is 28.5 Å². The van der Waals surface area contributed by atoms with E-state index in [1.165, 1.54) is 0 Å². The summed E-state index contributed by atoms with van der Waals surface area (Å²) in [5.41, 5.74) is -0.329. The Morgan fingerprint density at radius 2 is 2.08 bits per heavy atom. The van der Waals surface area contributed by atoms with Crippen molar-refractivity contribution in [1.29, 1.82) is 0 Å². The zero-order chi connectivity index (χ0) is 10.1. The lowest BCUT2D eigenvalue weighted by Gasteiger charge is -2.07. The molecule has 0 saturated carbocycles. The Kier molecular flexibility index (Phi) is 2.81. The van der Waals surface area contributed by atoms with E-state index in [2.05, 4.69) is 4.98 Å². The van der Waals surface area contributed by atoms with Gasteiger partial charge in [0.05, 0.1) is 0 Å². The number of pyridine rings is 1. The molecule has 0 aliphatic rings. The van der Waals surface area contributed by atoms with Crippen molar-refractivity contribution in [2.75, 3.05) is 0 Å². The van der Waals surface area contributed by atoms with Crippen molar-refractivity contribution in [1.82, 2.24) is 4.98 Å². The standard InChI is InChI=1S/C8H7ClF3N/c1-2-5-4-13-7(3-6(5)9)8(10,11)12/h3-4H,2H2,1H3. The minimum absolute atomic E-state index is 0.116. The Hall–Kier alpha value is -0.770. The molecule has 1 heterocycles. The van der Waals surface area contributed by atoms with Gasteiger partial charge in [0.1, 0.15) is 5.69 Å². The highest BCUT2D eigenvalue weighted by Crippen LogP contribution is 2.30. The molecule has 5 heteroatoms. The maximum atomic E-state index is 12.1. The summed E-state index contributed by atoms with van der Waals surface area (Å²) in [4.78, 5) is 3.27. The fraction of sp³-hybridized carbons (Fsp3) is 0.375. The molecule has 0 aliphatic carbocycles. The molecule has 1 aromatic heterocycles. The third-order valence-corrected chi connectivity index (χ3v) is 1.95. The fourth-order valence-corrected chi connectivity index (χ4v) is 1.16. The summed E-state index contributed by atoms with van der Waals surface area (Å²) in [5.74, 6) is 0. The molecule has 0 unspecified atom stereocenters. The first-order valence-electron chi connectivity index (χ1n) is 3.66. The molecule has 0 atom stereocenters. The second-order valence-corrected chi connectivity index (χ2v) is 2.92. The van der Waals surface area contributed by atoms with E-state index in [4.69, 9.17) is 11.6 Å². The molecule has 1 rings (SSSR count). The summed E-state index contributed by atoms with van der Waals surface area (Å²) in [5, 5.41) is 0.116. The Labute approximate surface area is 78.5 Å². The molecule has 0 amide bonds. The summed E-state index contributed by atoms with van der Waals surface area (Å²) in [6, 6.07) is 0.848. The molecule has 0 fully saturated rings. The van der Waals surface area contributed by atoms with Crippen molar-refractivity contribution >= 4 is 11.6 Å². The van der Waals surface area contributed by atoms with E-state index in [0.717, 1.165) is 12.3 Å². The summed E-state index contributed by atoms with van der Waals surface area (Å²) >= 11 is 5.60. The van der Waals surface area contributed by atoms with Crippen molar-refractivity contribution in [3.63, 3.8) is 0 Å². The fourth-order valence-electron chi connectivity index (χ4n) is 0.874. The number of hydrogen-bond acceptors (Lipinski definition) is 1. The van der Waals surface area contributed by atoms with Crippen LogP contribution in [0.4, 0.5) is 13.2 Å². The predicted octanol–water partition coefficient (Wildman–Crippen LogP) is 3.32. The van der Waals surface area contributed by atoms with E-state index in [1.807, 2.05) is 0 Å². The van der Waals surface area contributed by atoms with Gasteiger partial charge in [0.2, 0.25) is 0 Å². The van der Waals surface area contributed by atoms with E-state index < -0.39 is 11.9 Å². The molecule has 0 radical (unpaired) electrons. The van der Waals surface area contributed by atoms with Crippen molar-refractivity contribution in [2.45, 2.75) is 19.5 Å². The Bertz CT molecular complexity index is 309. The summed E-state index contributed by atoms with van der Waals surface area (Å²) in [6.07, 6.45) is -2.69. The summed E-state index contributed by atoms with van der Waals surface area (Å²) < 4.78 is 36.2. The minimum Gasteiger partial charge on any atom is -0.251 e. The first-order chi connectivity index (χ1) is 5.95. The lowest BCUT2D eigenvalue weighted by Crippen LogP contribution is -2.08. The largest absolute Gasteiger partial charge is 0.433 e. The third-order valence-electron chi connectivity index (χ3n) is 1.60. The summed E-state index contributed by atoms with van der Waals surface area (Å²) in [7, 11) is 0. The molecule has 0 aromatic carbocycles. The molecular weight excluding hydrogens is 203 g/mol. The van der Waals surface area contributed by atoms with Crippen molar-refractivity contribution in [2.24, 2.45) is 0 Å². The monoisotopic (exact) mass is 209 g/mol. The quantitative estimate of drug-likeness (QED) is 0.692. The number of halogens is 4. The maximum absolute atomic E-state index is 12.1. The molecule has 1 nitrogen and oxygen atoms in total. The molecule has 0 N–H and O–H groups in total. The van der Waals surface area contributed by atoms with Crippen LogP contribution in [0.1, 0.15) is 18.2 Å². The van der Waals surface area contributed by atoms with Crippen LogP contribution >= 0.6 is 11.6 Å². The number of nitrogens with zero attached hydrogens (tertiary/aromatic N) is 1. The molecule has 1 aromatic rings. The van der Waals surface area contributed by atoms with Gasteiger partial charge in [-0.05, 0) is 18.1 Å². The van der Waals surface area contributed by atoms with Crippen LogP contribution in [0.25, 0.3) is 0 Å². The number of hydrogen-bond donors (Lipinski definition) is 0. The Morgan fingerprint density at radius 1 is 1.46 bits per heavy atom. The second kappa shape index (κ2) is 3.54. The molecule has 0 aliphatic heterocycles. The summed E-state index contributed by atoms with van der Waals surface area (Å²) in [6.45, 7) is 1.80. The number of rotatable bonds is 1. The average molecular weight is 210 g/mol. The smallest absolute Gasteiger partial charge is 0.251 e. The molecule has 0 spiro atoms. The van der Waals surface area contributed by atoms with Crippen LogP contribution in [-0.4, -0.2) is 4.98 Å². The van der Waals surface area contributed by atoms with Crippen LogP contribution in [0, 0.1) is 0 Å². The topological polar surface area (TPSA) is 12.9 Å². The zero-order valence-corrected chi connectivity index (χ0v) is 7.58. The number of aromatic nitrogens is 1. The first kappa shape index (κ1) is 10.3. The van der Waals surface area contributed by atoms with Crippen molar-refractivity contribution in [3.8, 4) is 0 Å². The first-order valence-corrected chi connectivity index (χ1v) is 4.04. The van der Waals surface area contributed by atoms with Gasteiger partial charge < -0.3 is 0 Å². The molecule has 0 bridgehead atoms. The minimum atomic E-state index is -4.42. The van der Waals surface area contributed by atoms with Gasteiger partial charge in [0.15, 0.2) is 0 Å². The third kappa shape index (κ3) is 2.34. The highest BCUT2D eigenvalue weighted by molar-refractivity contribution is 6.31. The Morgan fingerprint density at radius 3 is 2.46 bits per heavy atom. The zero-order valence-electron chi connectivity index (χ0n) is 6.82. The SMILES string of the molecule is CCc1cnc(C(F)(F)F)cc1Cl. The number of alkyl halides is 3. The van der Waals surface area contributed by atoms with Gasteiger partial charge in [-0.25, -0.2) is 0 Å². The van der Waals surface area contributed by atoms with Gasteiger partial charge in [-0.2, -0.15) is 13.2 Å². The lowest BCUT2D eigenvalue weighted by atomic mass is 10.2.